The maximum Gasteiger partial charge on any atom is 0.324 e. The van der Waals surface area contributed by atoms with E-state index < -0.39 is 17.9 Å². The Kier molecular flexibility index (Phi) is 6.85. The van der Waals surface area contributed by atoms with Gasteiger partial charge < -0.3 is 31.3 Å². The number of benzene rings is 1. The van der Waals surface area contributed by atoms with Crippen molar-refractivity contribution in [2.75, 3.05) is 29.9 Å². The Hall–Kier alpha value is -4.16. The predicted molar refractivity (Wildman–Crippen MR) is 156 cm³/mol. The lowest BCUT2D eigenvalue weighted by molar-refractivity contribution is -0.123. The number of halogens is 1. The van der Waals surface area contributed by atoms with E-state index in [0.717, 1.165) is 24.1 Å². The summed E-state index contributed by atoms with van der Waals surface area (Å²) in [5.74, 6) is 0.0633. The Labute approximate surface area is 243 Å². The van der Waals surface area contributed by atoms with Crippen LogP contribution in [0.15, 0.2) is 30.5 Å². The van der Waals surface area contributed by atoms with Crippen LogP contribution in [0.2, 0.25) is 0 Å². The molecule has 2 amide bonds. The monoisotopic (exact) mass is 574 g/mol. The van der Waals surface area contributed by atoms with E-state index in [9.17, 15) is 9.59 Å². The molecule has 220 valence electrons. The van der Waals surface area contributed by atoms with Gasteiger partial charge in [-0.15, -0.1) is 0 Å². The molecular weight excluding hydrogens is 539 g/mol. The molecule has 5 N–H and O–H groups in total. The highest BCUT2D eigenvalue weighted by molar-refractivity contribution is 5.99. The van der Waals surface area contributed by atoms with Gasteiger partial charge in [0.2, 0.25) is 11.8 Å². The Bertz CT molecular complexity index is 1570. The average molecular weight is 575 g/mol. The quantitative estimate of drug-likeness (QED) is 0.302. The maximum absolute atomic E-state index is 15.1. The number of carbonyl (C=O) groups excluding carboxylic acids is 2. The number of aryl methyl sites for hydroxylation is 1. The minimum absolute atomic E-state index is 0.0806. The fourth-order valence-corrected chi connectivity index (χ4v) is 5.99. The summed E-state index contributed by atoms with van der Waals surface area (Å²) in [7, 11) is 1.60. The number of aromatic nitrogens is 3. The van der Waals surface area contributed by atoms with E-state index in [2.05, 4.69) is 15.2 Å². The molecule has 3 aromatic rings. The van der Waals surface area contributed by atoms with E-state index in [0.29, 0.717) is 53.6 Å². The fourth-order valence-electron chi connectivity index (χ4n) is 5.99. The number of nitrogens with one attached hydrogen (secondary N) is 1. The number of ether oxygens (including phenoxy) is 1. The van der Waals surface area contributed by atoms with Gasteiger partial charge in [-0.3, -0.25) is 14.6 Å². The maximum atomic E-state index is 15.1. The van der Waals surface area contributed by atoms with Crippen LogP contribution < -0.4 is 31.3 Å². The molecule has 1 aliphatic heterocycles. The number of hydrogen-bond donors (Lipinski definition) is 3. The van der Waals surface area contributed by atoms with E-state index in [-0.39, 0.29) is 29.3 Å². The third-order valence-corrected chi connectivity index (χ3v) is 8.49. The molecule has 3 heterocycles. The van der Waals surface area contributed by atoms with Crippen molar-refractivity contribution in [2.45, 2.75) is 58.2 Å². The van der Waals surface area contributed by atoms with Crippen molar-refractivity contribution in [1.82, 2.24) is 20.3 Å². The molecule has 3 aliphatic rings. The zero-order valence-electron chi connectivity index (χ0n) is 24.1. The van der Waals surface area contributed by atoms with Crippen LogP contribution in [0.3, 0.4) is 0 Å². The molecule has 6 rings (SSSR count). The number of nitrogens with two attached hydrogens (primary N) is 2. The van der Waals surface area contributed by atoms with Gasteiger partial charge in [0.15, 0.2) is 0 Å². The Morgan fingerprint density at radius 2 is 1.95 bits per heavy atom. The van der Waals surface area contributed by atoms with Crippen molar-refractivity contribution in [3.8, 4) is 22.9 Å². The van der Waals surface area contributed by atoms with Crippen LogP contribution in [0.1, 0.15) is 43.6 Å². The van der Waals surface area contributed by atoms with E-state index in [1.54, 1.807) is 33.2 Å². The molecule has 1 unspecified atom stereocenters. The van der Waals surface area contributed by atoms with Gasteiger partial charge in [0.05, 0.1) is 35.7 Å². The van der Waals surface area contributed by atoms with Crippen molar-refractivity contribution in [3.05, 3.63) is 53.2 Å². The molecule has 42 heavy (non-hydrogen) atoms. The van der Waals surface area contributed by atoms with Gasteiger partial charge in [-0.25, -0.2) is 4.39 Å². The number of amides is 2. The standard InChI is InChI=1S/C30H35FN8O3/c1-15-5-6-19(12-34-15)42-29-35-22-11-20-21(9-18(31)10-23(20)38(4)28(41)17(3)33)25(22)26(37-29)39-13-24(30(14-39)7-8-30)36-27(40)16(2)32/h5-6,9-10,12,16-17,24H,7-8,11,13-14,32-33H2,1-4H3,(H,36,40)/t16?,17-,24-/m0/s1. The Morgan fingerprint density at radius 1 is 1.19 bits per heavy atom. The first-order valence-electron chi connectivity index (χ1n) is 14.1. The third kappa shape index (κ3) is 4.94. The molecule has 1 aromatic carbocycles. The average Bonchev–Trinajstić information content (AvgIpc) is 3.51. The lowest BCUT2D eigenvalue weighted by Crippen LogP contribution is -2.47. The molecule has 2 fully saturated rings. The number of anilines is 2. The fraction of sp³-hybridized carbons (Fsp3) is 0.433. The van der Waals surface area contributed by atoms with Crippen molar-refractivity contribution in [3.63, 3.8) is 0 Å². The zero-order valence-corrected chi connectivity index (χ0v) is 24.1. The summed E-state index contributed by atoms with van der Waals surface area (Å²) in [6.45, 7) is 6.32. The van der Waals surface area contributed by atoms with Crippen molar-refractivity contribution in [1.29, 1.82) is 0 Å². The van der Waals surface area contributed by atoms with E-state index >= 15 is 4.39 Å². The third-order valence-electron chi connectivity index (χ3n) is 8.49. The molecule has 11 nitrogen and oxygen atoms in total. The van der Waals surface area contributed by atoms with Crippen LogP contribution in [-0.2, 0) is 16.0 Å². The summed E-state index contributed by atoms with van der Waals surface area (Å²) in [5.41, 5.74) is 15.7. The number of rotatable bonds is 7. The van der Waals surface area contributed by atoms with Gasteiger partial charge in [-0.05, 0) is 69.0 Å². The molecule has 3 atom stereocenters. The van der Waals surface area contributed by atoms with E-state index in [1.807, 2.05) is 13.0 Å². The van der Waals surface area contributed by atoms with Crippen LogP contribution >= 0.6 is 0 Å². The molecule has 12 heteroatoms. The van der Waals surface area contributed by atoms with Gasteiger partial charge in [0.25, 0.3) is 0 Å². The highest BCUT2D eigenvalue weighted by Gasteiger charge is 2.56. The van der Waals surface area contributed by atoms with Crippen molar-refractivity contribution >= 4 is 23.3 Å². The van der Waals surface area contributed by atoms with Gasteiger partial charge in [-0.1, -0.05) is 0 Å². The minimum atomic E-state index is -0.751. The molecule has 1 saturated heterocycles. The summed E-state index contributed by atoms with van der Waals surface area (Å²) in [4.78, 5) is 42.8. The van der Waals surface area contributed by atoms with Crippen LogP contribution in [0.5, 0.6) is 11.8 Å². The largest absolute Gasteiger partial charge is 0.423 e. The number of pyridine rings is 1. The second-order valence-corrected chi connectivity index (χ2v) is 11.8. The highest BCUT2D eigenvalue weighted by atomic mass is 19.1. The lowest BCUT2D eigenvalue weighted by Gasteiger charge is -2.23. The van der Waals surface area contributed by atoms with Crippen LogP contribution in [-0.4, -0.2) is 65.0 Å². The topological polar surface area (TPSA) is 153 Å². The van der Waals surface area contributed by atoms with Crippen molar-refractivity contribution < 1.29 is 18.7 Å². The van der Waals surface area contributed by atoms with Gasteiger partial charge >= 0.3 is 6.01 Å². The van der Waals surface area contributed by atoms with Gasteiger partial charge in [0, 0.05) is 43.2 Å². The number of hydrogen-bond acceptors (Lipinski definition) is 9. The van der Waals surface area contributed by atoms with Gasteiger partial charge in [0.1, 0.15) is 17.4 Å². The summed E-state index contributed by atoms with van der Waals surface area (Å²) in [5, 5.41) is 3.13. The molecule has 1 saturated carbocycles. The van der Waals surface area contributed by atoms with E-state index in [1.165, 1.54) is 17.0 Å². The number of nitrogens with zero attached hydrogens (tertiary/aromatic N) is 5. The predicted octanol–water partition coefficient (Wildman–Crippen LogP) is 2.42. The normalized spacial score (nSPS) is 19.2. The molecular formula is C30H35FN8O3. The molecule has 0 radical (unpaired) electrons. The van der Waals surface area contributed by atoms with Crippen LogP contribution in [0.25, 0.3) is 11.1 Å². The van der Waals surface area contributed by atoms with Crippen molar-refractivity contribution in [2.24, 2.45) is 16.9 Å². The first kappa shape index (κ1) is 28.0. The second kappa shape index (κ2) is 10.3. The molecule has 0 bridgehead atoms. The molecule has 2 aromatic heterocycles. The summed E-state index contributed by atoms with van der Waals surface area (Å²) < 4.78 is 21.2. The summed E-state index contributed by atoms with van der Waals surface area (Å²) >= 11 is 0. The molecule has 1 spiro atoms. The Morgan fingerprint density at radius 3 is 2.60 bits per heavy atom. The van der Waals surface area contributed by atoms with Crippen LogP contribution in [0.4, 0.5) is 15.9 Å². The minimum Gasteiger partial charge on any atom is -0.423 e. The second-order valence-electron chi connectivity index (χ2n) is 11.8. The summed E-state index contributed by atoms with van der Waals surface area (Å²) in [6.07, 6.45) is 3.90. The SMILES string of the molecule is Cc1ccc(Oc2nc3c(c(N4C[C@H](NC(=O)C(C)N)C5(CC5)C4)n2)-c2cc(F)cc(N(C)C(=O)[C@H](C)N)c2C3)cn1. The number of likely N-dealkylation sites (N-methyl/N-ethyl adjacent to an activating group) is 1. The smallest absolute Gasteiger partial charge is 0.324 e. The van der Waals surface area contributed by atoms with Gasteiger partial charge in [-0.2, -0.15) is 9.97 Å². The highest BCUT2D eigenvalue weighted by Crippen LogP contribution is 2.55. The number of fused-ring (bicyclic) bond motifs is 3. The number of carbonyl (C=O) groups is 2. The van der Waals surface area contributed by atoms with Crippen LogP contribution in [0, 0.1) is 18.2 Å². The summed E-state index contributed by atoms with van der Waals surface area (Å²) in [6, 6.07) is 5.10. The lowest BCUT2D eigenvalue weighted by atomic mass is 10.0. The van der Waals surface area contributed by atoms with E-state index in [4.69, 9.17) is 26.2 Å². The molecule has 2 aliphatic carbocycles. The first-order chi connectivity index (χ1) is 20.0. The first-order valence-corrected chi connectivity index (χ1v) is 14.1. The zero-order chi connectivity index (χ0) is 29.9. The Balaban J connectivity index is 1.44.